The average molecular weight is 316 g/mol. The first-order valence-corrected chi connectivity index (χ1v) is 7.40. The van der Waals surface area contributed by atoms with E-state index in [1.54, 1.807) is 36.4 Å². The molecular weight excluding hydrogens is 296 g/mol. The van der Waals surface area contributed by atoms with Crippen molar-refractivity contribution in [3.63, 3.8) is 0 Å². The fourth-order valence-electron chi connectivity index (χ4n) is 2.02. The van der Waals surface area contributed by atoms with Gasteiger partial charge >= 0.3 is 0 Å². The van der Waals surface area contributed by atoms with Gasteiger partial charge in [0.25, 0.3) is 0 Å². The summed E-state index contributed by atoms with van der Waals surface area (Å²) in [7, 11) is 0. The van der Waals surface area contributed by atoms with E-state index in [9.17, 15) is 4.79 Å². The second-order valence-electron chi connectivity index (χ2n) is 4.93. The van der Waals surface area contributed by atoms with Crippen LogP contribution in [-0.4, -0.2) is 48.5 Å². The Bertz CT molecular complexity index is 595. The number of hydrogen-bond donors (Lipinski definition) is 2. The van der Waals surface area contributed by atoms with Gasteiger partial charge in [-0.15, -0.1) is 0 Å². The molecule has 0 heterocycles. The highest BCUT2D eigenvalue weighted by Gasteiger charge is 2.10. The van der Waals surface area contributed by atoms with Crippen molar-refractivity contribution in [3.05, 3.63) is 65.7 Å². The molecule has 2 rings (SSSR count). The zero-order valence-electron chi connectivity index (χ0n) is 12.7. The van der Waals surface area contributed by atoms with E-state index in [0.29, 0.717) is 16.9 Å². The van der Waals surface area contributed by atoms with Gasteiger partial charge in [-0.1, -0.05) is 30.3 Å². The van der Waals surface area contributed by atoms with Crippen LogP contribution >= 0.6 is 0 Å². The molecular formula is C18H20O5. The van der Waals surface area contributed by atoms with Crippen molar-refractivity contribution in [2.24, 2.45) is 0 Å². The Labute approximate surface area is 135 Å². The SMILES string of the molecule is O=C(c1ccccc1)c1ccc(OCC(CO)OCCO)cc1. The van der Waals surface area contributed by atoms with Crippen molar-refractivity contribution in [3.8, 4) is 5.75 Å². The lowest BCUT2D eigenvalue weighted by atomic mass is 10.0. The Morgan fingerprint density at radius 2 is 1.61 bits per heavy atom. The Balaban J connectivity index is 1.93. The Morgan fingerprint density at radius 3 is 2.22 bits per heavy atom. The van der Waals surface area contributed by atoms with Crippen LogP contribution in [0.1, 0.15) is 15.9 Å². The van der Waals surface area contributed by atoms with Gasteiger partial charge < -0.3 is 19.7 Å². The van der Waals surface area contributed by atoms with Crippen LogP contribution in [0.15, 0.2) is 54.6 Å². The van der Waals surface area contributed by atoms with E-state index < -0.39 is 6.10 Å². The summed E-state index contributed by atoms with van der Waals surface area (Å²) in [6, 6.07) is 15.9. The van der Waals surface area contributed by atoms with Crippen molar-refractivity contribution >= 4 is 5.78 Å². The zero-order valence-corrected chi connectivity index (χ0v) is 12.7. The first-order valence-electron chi connectivity index (χ1n) is 7.40. The van der Waals surface area contributed by atoms with Crippen LogP contribution in [0.4, 0.5) is 0 Å². The smallest absolute Gasteiger partial charge is 0.193 e. The molecule has 0 aliphatic heterocycles. The molecule has 0 saturated heterocycles. The third-order valence-corrected chi connectivity index (χ3v) is 3.24. The van der Waals surface area contributed by atoms with Gasteiger partial charge in [-0.05, 0) is 24.3 Å². The Hall–Kier alpha value is -2.21. The first kappa shape index (κ1) is 17.1. The second-order valence-corrected chi connectivity index (χ2v) is 4.93. The molecule has 122 valence electrons. The molecule has 2 N–H and O–H groups in total. The topological polar surface area (TPSA) is 76.0 Å². The number of ketones is 1. The molecule has 2 aromatic rings. The zero-order chi connectivity index (χ0) is 16.5. The highest BCUT2D eigenvalue weighted by Crippen LogP contribution is 2.16. The molecule has 0 amide bonds. The molecule has 0 radical (unpaired) electrons. The number of carbonyl (C=O) groups excluding carboxylic acids is 1. The minimum atomic E-state index is -0.493. The lowest BCUT2D eigenvalue weighted by Crippen LogP contribution is -2.26. The van der Waals surface area contributed by atoms with Gasteiger partial charge in [-0.3, -0.25) is 4.79 Å². The molecule has 0 bridgehead atoms. The number of aliphatic hydroxyl groups excluding tert-OH is 2. The van der Waals surface area contributed by atoms with Crippen LogP contribution in [0.2, 0.25) is 0 Å². The van der Waals surface area contributed by atoms with Crippen molar-refractivity contribution < 1.29 is 24.5 Å². The maximum Gasteiger partial charge on any atom is 0.193 e. The van der Waals surface area contributed by atoms with E-state index in [2.05, 4.69) is 0 Å². The summed E-state index contributed by atoms with van der Waals surface area (Å²) < 4.78 is 10.7. The maximum atomic E-state index is 12.3. The van der Waals surface area contributed by atoms with Crippen molar-refractivity contribution in [1.29, 1.82) is 0 Å². The maximum absolute atomic E-state index is 12.3. The van der Waals surface area contributed by atoms with E-state index >= 15 is 0 Å². The normalized spacial score (nSPS) is 11.9. The molecule has 0 fully saturated rings. The number of aliphatic hydroxyl groups is 2. The minimum absolute atomic E-state index is 0.0448. The summed E-state index contributed by atoms with van der Waals surface area (Å²) >= 11 is 0. The fraction of sp³-hybridized carbons (Fsp3) is 0.278. The Kier molecular flexibility index (Phi) is 6.75. The van der Waals surface area contributed by atoms with E-state index in [1.165, 1.54) is 0 Å². The van der Waals surface area contributed by atoms with Gasteiger partial charge in [0.05, 0.1) is 19.8 Å². The van der Waals surface area contributed by atoms with Gasteiger partial charge in [-0.25, -0.2) is 0 Å². The van der Waals surface area contributed by atoms with Crippen LogP contribution in [0, 0.1) is 0 Å². The third-order valence-electron chi connectivity index (χ3n) is 3.24. The quantitative estimate of drug-likeness (QED) is 0.688. The molecule has 0 saturated carbocycles. The first-order chi connectivity index (χ1) is 11.2. The molecule has 23 heavy (non-hydrogen) atoms. The van der Waals surface area contributed by atoms with Gasteiger partial charge in [0.2, 0.25) is 0 Å². The summed E-state index contributed by atoms with van der Waals surface area (Å²) in [5.74, 6) is 0.539. The molecule has 0 aliphatic carbocycles. The number of ether oxygens (including phenoxy) is 2. The summed E-state index contributed by atoms with van der Waals surface area (Å²) in [4.78, 5) is 12.3. The molecule has 5 heteroatoms. The van der Waals surface area contributed by atoms with E-state index in [4.69, 9.17) is 19.7 Å². The summed E-state index contributed by atoms with van der Waals surface area (Å²) in [5.41, 5.74) is 1.22. The third kappa shape index (κ3) is 5.17. The minimum Gasteiger partial charge on any atom is -0.491 e. The monoisotopic (exact) mass is 316 g/mol. The van der Waals surface area contributed by atoms with Crippen LogP contribution < -0.4 is 4.74 Å². The molecule has 5 nitrogen and oxygen atoms in total. The summed E-state index contributed by atoms with van der Waals surface area (Å²) in [6.45, 7) is 0.0267. The second kappa shape index (κ2) is 9.05. The number of hydrogen-bond acceptors (Lipinski definition) is 5. The van der Waals surface area contributed by atoms with Crippen LogP contribution in [0.25, 0.3) is 0 Å². The van der Waals surface area contributed by atoms with Crippen LogP contribution in [0.5, 0.6) is 5.75 Å². The molecule has 0 spiro atoms. The van der Waals surface area contributed by atoms with Crippen LogP contribution in [0.3, 0.4) is 0 Å². The summed E-state index contributed by atoms with van der Waals surface area (Å²) in [5, 5.41) is 17.8. The van der Waals surface area contributed by atoms with Gasteiger partial charge in [0.15, 0.2) is 5.78 Å². The lowest BCUT2D eigenvalue weighted by Gasteiger charge is -2.15. The van der Waals surface area contributed by atoms with Crippen molar-refractivity contribution in [2.75, 3.05) is 26.4 Å². The standard InChI is InChI=1S/C18H20O5/c19-10-11-22-17(12-20)13-23-16-8-6-15(7-9-16)18(21)14-4-2-1-3-5-14/h1-9,17,19-20H,10-13H2. The van der Waals surface area contributed by atoms with E-state index in [-0.39, 0.29) is 32.2 Å². The highest BCUT2D eigenvalue weighted by molar-refractivity contribution is 6.08. The number of carbonyl (C=O) groups is 1. The van der Waals surface area contributed by atoms with Crippen LogP contribution in [-0.2, 0) is 4.74 Å². The number of benzene rings is 2. The van der Waals surface area contributed by atoms with Crippen molar-refractivity contribution in [1.82, 2.24) is 0 Å². The van der Waals surface area contributed by atoms with E-state index in [0.717, 1.165) is 0 Å². The van der Waals surface area contributed by atoms with Crippen molar-refractivity contribution in [2.45, 2.75) is 6.10 Å². The number of rotatable bonds is 9. The molecule has 1 unspecified atom stereocenters. The highest BCUT2D eigenvalue weighted by atomic mass is 16.5. The predicted molar refractivity (Wildman–Crippen MR) is 85.7 cm³/mol. The van der Waals surface area contributed by atoms with Gasteiger partial charge in [0, 0.05) is 11.1 Å². The molecule has 0 aromatic heterocycles. The molecule has 0 aliphatic rings. The Morgan fingerprint density at radius 1 is 0.957 bits per heavy atom. The van der Waals surface area contributed by atoms with Gasteiger partial charge in [-0.2, -0.15) is 0 Å². The van der Waals surface area contributed by atoms with Gasteiger partial charge in [0.1, 0.15) is 18.5 Å². The van der Waals surface area contributed by atoms with E-state index in [1.807, 2.05) is 18.2 Å². The lowest BCUT2D eigenvalue weighted by molar-refractivity contribution is -0.0259. The largest absolute Gasteiger partial charge is 0.491 e. The average Bonchev–Trinajstić information content (AvgIpc) is 2.62. The molecule has 2 aromatic carbocycles. The predicted octanol–water partition coefficient (Wildman–Crippen LogP) is 1.67. The fourth-order valence-corrected chi connectivity index (χ4v) is 2.02. The summed E-state index contributed by atoms with van der Waals surface area (Å²) in [6.07, 6.45) is -0.493. The molecule has 1 atom stereocenters.